The molecule has 122 valence electrons. The van der Waals surface area contributed by atoms with Gasteiger partial charge in [-0.1, -0.05) is 30.3 Å². The van der Waals surface area contributed by atoms with Crippen LogP contribution in [0.2, 0.25) is 0 Å². The fraction of sp³-hybridized carbons (Fsp3) is 0.235. The van der Waals surface area contributed by atoms with Crippen molar-refractivity contribution in [3.63, 3.8) is 0 Å². The van der Waals surface area contributed by atoms with Crippen molar-refractivity contribution in [2.45, 2.75) is 0 Å². The van der Waals surface area contributed by atoms with Gasteiger partial charge in [0, 0.05) is 13.1 Å². The molecule has 0 aliphatic carbocycles. The fourth-order valence-electron chi connectivity index (χ4n) is 2.59. The summed E-state index contributed by atoms with van der Waals surface area (Å²) in [5.41, 5.74) is 4.91. The molecule has 24 heavy (non-hydrogen) atoms. The Morgan fingerprint density at radius 2 is 1.96 bits per heavy atom. The van der Waals surface area contributed by atoms with Crippen molar-refractivity contribution in [1.29, 1.82) is 0 Å². The third-order valence-electron chi connectivity index (χ3n) is 3.77. The van der Waals surface area contributed by atoms with Crippen LogP contribution in [0.25, 0.3) is 10.2 Å². The van der Waals surface area contributed by atoms with E-state index in [2.05, 4.69) is 25.4 Å². The van der Waals surface area contributed by atoms with Crippen molar-refractivity contribution < 1.29 is 4.74 Å². The minimum Gasteiger partial charge on any atom is -0.378 e. The number of hydrogen-bond acceptors (Lipinski definition) is 7. The molecule has 7 heteroatoms. The van der Waals surface area contributed by atoms with E-state index in [4.69, 9.17) is 4.74 Å². The predicted molar refractivity (Wildman–Crippen MR) is 98.1 cm³/mol. The molecule has 0 bridgehead atoms. The molecule has 0 spiro atoms. The first-order valence-electron chi connectivity index (χ1n) is 7.82. The highest BCUT2D eigenvalue weighted by atomic mass is 32.1. The highest BCUT2D eigenvalue weighted by Crippen LogP contribution is 2.30. The molecule has 1 N–H and O–H groups in total. The van der Waals surface area contributed by atoms with E-state index in [-0.39, 0.29) is 0 Å². The molecule has 1 aromatic carbocycles. The summed E-state index contributed by atoms with van der Waals surface area (Å²) < 4.78 is 6.54. The molecule has 0 amide bonds. The number of fused-ring (bicyclic) bond motifs is 1. The van der Waals surface area contributed by atoms with Crippen LogP contribution in [0.1, 0.15) is 5.56 Å². The lowest BCUT2D eigenvalue weighted by Gasteiger charge is -2.28. The summed E-state index contributed by atoms with van der Waals surface area (Å²) in [5.74, 6) is 1.46. The molecule has 4 rings (SSSR count). The van der Waals surface area contributed by atoms with E-state index in [0.29, 0.717) is 5.95 Å². The summed E-state index contributed by atoms with van der Waals surface area (Å²) in [7, 11) is 0. The number of hydrogen-bond donors (Lipinski definition) is 1. The number of nitrogens with zero attached hydrogens (tertiary/aromatic N) is 4. The van der Waals surface area contributed by atoms with E-state index in [9.17, 15) is 0 Å². The number of thiophene rings is 1. The van der Waals surface area contributed by atoms with Gasteiger partial charge in [-0.25, -0.2) is 10.4 Å². The molecule has 3 heterocycles. The van der Waals surface area contributed by atoms with Crippen molar-refractivity contribution in [3.05, 3.63) is 47.3 Å². The van der Waals surface area contributed by atoms with E-state index in [0.717, 1.165) is 47.9 Å². The van der Waals surface area contributed by atoms with E-state index < -0.39 is 0 Å². The highest BCUT2D eigenvalue weighted by Gasteiger charge is 2.18. The van der Waals surface area contributed by atoms with Gasteiger partial charge in [-0.05, 0) is 17.0 Å². The lowest BCUT2D eigenvalue weighted by molar-refractivity contribution is 0.122. The number of benzene rings is 1. The van der Waals surface area contributed by atoms with Crippen LogP contribution in [-0.2, 0) is 4.74 Å². The molecule has 1 saturated heterocycles. The molecule has 0 unspecified atom stereocenters. The van der Waals surface area contributed by atoms with Gasteiger partial charge in [-0.3, -0.25) is 0 Å². The van der Waals surface area contributed by atoms with Crippen LogP contribution >= 0.6 is 11.3 Å². The molecule has 1 fully saturated rings. The Balaban J connectivity index is 1.60. The summed E-state index contributed by atoms with van der Waals surface area (Å²) in [5, 5.41) is 6.29. The summed E-state index contributed by atoms with van der Waals surface area (Å²) in [6.45, 7) is 3.14. The molecule has 0 atom stereocenters. The molecule has 3 aromatic rings. The maximum Gasteiger partial charge on any atom is 0.246 e. The molecule has 0 saturated carbocycles. The number of morpholine rings is 1. The Hall–Kier alpha value is -2.51. The molecule has 0 radical (unpaired) electrons. The lowest BCUT2D eigenvalue weighted by atomic mass is 10.2. The average Bonchev–Trinajstić information content (AvgIpc) is 3.11. The van der Waals surface area contributed by atoms with Gasteiger partial charge in [0.1, 0.15) is 0 Å². The summed E-state index contributed by atoms with van der Waals surface area (Å²) >= 11 is 1.66. The van der Waals surface area contributed by atoms with Crippen LogP contribution in [0, 0.1) is 0 Å². The SMILES string of the molecule is C(=N\Nc1nc(N2CCOCC2)c2sccc2n1)/c1ccccc1. The van der Waals surface area contributed by atoms with E-state index in [1.807, 2.05) is 41.8 Å². The van der Waals surface area contributed by atoms with Gasteiger partial charge in [0.25, 0.3) is 0 Å². The monoisotopic (exact) mass is 339 g/mol. The van der Waals surface area contributed by atoms with Gasteiger partial charge in [-0.15, -0.1) is 11.3 Å². The first-order valence-corrected chi connectivity index (χ1v) is 8.70. The van der Waals surface area contributed by atoms with Crippen molar-refractivity contribution in [2.75, 3.05) is 36.6 Å². The Bertz CT molecular complexity index is 843. The van der Waals surface area contributed by atoms with E-state index in [1.54, 1.807) is 17.6 Å². The number of ether oxygens (including phenoxy) is 1. The second-order valence-corrected chi connectivity index (χ2v) is 6.30. The summed E-state index contributed by atoms with van der Waals surface area (Å²) in [4.78, 5) is 11.5. The maximum absolute atomic E-state index is 5.44. The van der Waals surface area contributed by atoms with Crippen LogP contribution in [0.4, 0.5) is 11.8 Å². The number of aromatic nitrogens is 2. The summed E-state index contributed by atoms with van der Waals surface area (Å²) in [6, 6.07) is 11.9. The minimum atomic E-state index is 0.509. The first kappa shape index (κ1) is 15.0. The zero-order chi connectivity index (χ0) is 16.2. The van der Waals surface area contributed by atoms with Crippen molar-refractivity contribution in [3.8, 4) is 0 Å². The molecular formula is C17H17N5OS. The number of nitrogens with one attached hydrogen (secondary N) is 1. The zero-order valence-corrected chi connectivity index (χ0v) is 13.9. The van der Waals surface area contributed by atoms with E-state index >= 15 is 0 Å². The number of hydrazone groups is 1. The fourth-order valence-corrected chi connectivity index (χ4v) is 3.44. The topological polar surface area (TPSA) is 62.6 Å². The molecule has 6 nitrogen and oxygen atoms in total. The largest absolute Gasteiger partial charge is 0.378 e. The van der Waals surface area contributed by atoms with Gasteiger partial charge < -0.3 is 9.64 Å². The Morgan fingerprint density at radius 1 is 1.12 bits per heavy atom. The number of anilines is 2. The smallest absolute Gasteiger partial charge is 0.246 e. The van der Waals surface area contributed by atoms with Gasteiger partial charge >= 0.3 is 0 Å². The molecular weight excluding hydrogens is 322 g/mol. The quantitative estimate of drug-likeness (QED) is 0.585. The molecule has 1 aliphatic heterocycles. The van der Waals surface area contributed by atoms with Crippen LogP contribution in [-0.4, -0.2) is 42.5 Å². The second-order valence-electron chi connectivity index (χ2n) is 5.39. The Morgan fingerprint density at radius 3 is 2.79 bits per heavy atom. The summed E-state index contributed by atoms with van der Waals surface area (Å²) in [6.07, 6.45) is 1.76. The Kier molecular flexibility index (Phi) is 4.35. The Labute approximate surface area is 143 Å². The standard InChI is InChI=1S/C17H17N5OS/c1-2-4-13(5-3-1)12-18-21-17-19-14-6-11-24-15(14)16(20-17)22-7-9-23-10-8-22/h1-6,11-12H,7-10H2,(H,19,20,21)/b18-12+. The van der Waals surface area contributed by atoms with Crippen molar-refractivity contribution in [2.24, 2.45) is 5.10 Å². The van der Waals surface area contributed by atoms with E-state index in [1.165, 1.54) is 0 Å². The average molecular weight is 339 g/mol. The minimum absolute atomic E-state index is 0.509. The third kappa shape index (κ3) is 3.22. The van der Waals surface area contributed by atoms with Gasteiger partial charge in [-0.2, -0.15) is 10.1 Å². The third-order valence-corrected chi connectivity index (χ3v) is 4.67. The normalized spacial score (nSPS) is 15.2. The lowest BCUT2D eigenvalue weighted by Crippen LogP contribution is -2.36. The van der Waals surface area contributed by atoms with Crippen LogP contribution < -0.4 is 10.3 Å². The predicted octanol–water partition coefficient (Wildman–Crippen LogP) is 2.97. The van der Waals surface area contributed by atoms with Gasteiger partial charge in [0.15, 0.2) is 5.82 Å². The maximum atomic E-state index is 5.44. The number of rotatable bonds is 4. The molecule has 1 aliphatic rings. The van der Waals surface area contributed by atoms with Crippen LogP contribution in [0.3, 0.4) is 0 Å². The van der Waals surface area contributed by atoms with Crippen LogP contribution in [0.5, 0.6) is 0 Å². The van der Waals surface area contributed by atoms with Crippen molar-refractivity contribution in [1.82, 2.24) is 9.97 Å². The zero-order valence-electron chi connectivity index (χ0n) is 13.1. The first-order chi connectivity index (χ1) is 11.9. The second kappa shape index (κ2) is 6.94. The highest BCUT2D eigenvalue weighted by molar-refractivity contribution is 7.17. The van der Waals surface area contributed by atoms with Crippen LogP contribution in [0.15, 0.2) is 46.9 Å². The van der Waals surface area contributed by atoms with Crippen molar-refractivity contribution >= 4 is 39.5 Å². The van der Waals surface area contributed by atoms with Gasteiger partial charge in [0.2, 0.25) is 5.95 Å². The molecule has 2 aromatic heterocycles. The van der Waals surface area contributed by atoms with Gasteiger partial charge in [0.05, 0.1) is 29.6 Å².